The molecule has 2 aliphatic rings. The van der Waals surface area contributed by atoms with Crippen molar-refractivity contribution in [2.24, 2.45) is 0 Å². The fraction of sp³-hybridized carbons (Fsp3) is 0.632. The normalized spacial score (nSPS) is 26.8. The summed E-state index contributed by atoms with van der Waals surface area (Å²) in [6.45, 7) is 6.56. The van der Waals surface area contributed by atoms with Crippen molar-refractivity contribution < 1.29 is 9.18 Å². The molecule has 1 aromatic carbocycles. The Morgan fingerprint density at radius 3 is 2.75 bits per heavy atom. The molecule has 4 nitrogen and oxygen atoms in total. The summed E-state index contributed by atoms with van der Waals surface area (Å²) in [5.74, 6) is 0.0829. The zero-order valence-corrected chi connectivity index (χ0v) is 15.0. The lowest BCUT2D eigenvalue weighted by Gasteiger charge is -2.49. The monoisotopic (exact) mass is 333 g/mol. The fourth-order valence-corrected chi connectivity index (χ4v) is 4.03. The molecule has 1 atom stereocenters. The quantitative estimate of drug-likeness (QED) is 0.831. The summed E-state index contributed by atoms with van der Waals surface area (Å²) >= 11 is 0. The minimum atomic E-state index is -0.166. The number of halogens is 1. The standard InChI is InChI=1S/C19H28FN3O/c1-15-4-5-17(20)12-16(15)13-23-11-10-22(3)19(14-23)7-6-18(24)21(2)9-8-19/h4-5,12H,6-11,13-14H2,1-3H3/t19-/m1/s1. The summed E-state index contributed by atoms with van der Waals surface area (Å²) in [5, 5.41) is 0. The Labute approximate surface area is 144 Å². The van der Waals surface area contributed by atoms with Gasteiger partial charge in [0.25, 0.3) is 0 Å². The van der Waals surface area contributed by atoms with E-state index in [0.717, 1.165) is 56.7 Å². The minimum Gasteiger partial charge on any atom is -0.346 e. The van der Waals surface area contributed by atoms with Gasteiger partial charge in [-0.1, -0.05) is 6.07 Å². The molecule has 0 bridgehead atoms. The van der Waals surface area contributed by atoms with Crippen molar-refractivity contribution in [2.75, 3.05) is 40.3 Å². The van der Waals surface area contributed by atoms with Crippen LogP contribution in [-0.4, -0.2) is 66.4 Å². The van der Waals surface area contributed by atoms with Gasteiger partial charge in [-0.3, -0.25) is 14.6 Å². The average molecular weight is 333 g/mol. The molecule has 0 unspecified atom stereocenters. The lowest BCUT2D eigenvalue weighted by molar-refractivity contribution is -0.129. The van der Waals surface area contributed by atoms with Crippen LogP contribution in [0, 0.1) is 12.7 Å². The summed E-state index contributed by atoms with van der Waals surface area (Å²) in [4.78, 5) is 18.8. The van der Waals surface area contributed by atoms with Crippen molar-refractivity contribution >= 4 is 5.91 Å². The van der Waals surface area contributed by atoms with E-state index in [1.165, 1.54) is 6.07 Å². The Morgan fingerprint density at radius 1 is 1.17 bits per heavy atom. The van der Waals surface area contributed by atoms with Crippen molar-refractivity contribution in [3.8, 4) is 0 Å². The molecule has 2 saturated heterocycles. The van der Waals surface area contributed by atoms with Crippen molar-refractivity contribution in [2.45, 2.75) is 38.3 Å². The molecule has 5 heteroatoms. The van der Waals surface area contributed by atoms with Gasteiger partial charge in [0, 0.05) is 51.7 Å². The molecule has 1 amide bonds. The molecule has 0 aliphatic carbocycles. The summed E-state index contributed by atoms with van der Waals surface area (Å²) in [6.07, 6.45) is 2.53. The first-order valence-electron chi connectivity index (χ1n) is 8.82. The molecular weight excluding hydrogens is 305 g/mol. The molecule has 0 saturated carbocycles. The van der Waals surface area contributed by atoms with Crippen molar-refractivity contribution in [3.63, 3.8) is 0 Å². The van der Waals surface area contributed by atoms with Gasteiger partial charge in [-0.2, -0.15) is 0 Å². The van der Waals surface area contributed by atoms with E-state index in [-0.39, 0.29) is 17.3 Å². The maximum Gasteiger partial charge on any atom is 0.222 e. The van der Waals surface area contributed by atoms with Crippen LogP contribution in [0.1, 0.15) is 30.4 Å². The van der Waals surface area contributed by atoms with Crippen molar-refractivity contribution in [1.29, 1.82) is 0 Å². The van der Waals surface area contributed by atoms with E-state index in [1.807, 2.05) is 24.9 Å². The summed E-state index contributed by atoms with van der Waals surface area (Å²) in [7, 11) is 4.08. The van der Waals surface area contributed by atoms with Crippen LogP contribution in [0.3, 0.4) is 0 Å². The van der Waals surface area contributed by atoms with Gasteiger partial charge < -0.3 is 4.90 Å². The number of likely N-dealkylation sites (N-methyl/N-ethyl adjacent to an activating group) is 1. The Bertz CT molecular complexity index is 621. The number of carbonyl (C=O) groups excluding carboxylic acids is 1. The Balaban J connectivity index is 1.75. The highest BCUT2D eigenvalue weighted by atomic mass is 19.1. The van der Waals surface area contributed by atoms with E-state index in [2.05, 4.69) is 16.8 Å². The third-order valence-corrected chi connectivity index (χ3v) is 5.93. The average Bonchev–Trinajstić information content (AvgIpc) is 2.69. The number of piperazine rings is 1. The van der Waals surface area contributed by atoms with Gasteiger partial charge >= 0.3 is 0 Å². The van der Waals surface area contributed by atoms with E-state index in [4.69, 9.17) is 0 Å². The first kappa shape index (κ1) is 17.4. The molecule has 2 fully saturated rings. The molecule has 0 aromatic heterocycles. The number of nitrogens with zero attached hydrogens (tertiary/aromatic N) is 3. The number of rotatable bonds is 2. The molecule has 132 valence electrons. The van der Waals surface area contributed by atoms with Crippen LogP contribution >= 0.6 is 0 Å². The summed E-state index contributed by atoms with van der Waals surface area (Å²) in [5.41, 5.74) is 2.26. The molecule has 1 spiro atoms. The Morgan fingerprint density at radius 2 is 1.96 bits per heavy atom. The SMILES string of the molecule is Cc1ccc(F)cc1CN1CCN(C)[C@@]2(CCC(=O)N(C)CC2)C1. The molecule has 3 rings (SSSR count). The number of aryl methyl sites for hydroxylation is 1. The van der Waals surface area contributed by atoms with E-state index in [9.17, 15) is 9.18 Å². The number of hydrogen-bond acceptors (Lipinski definition) is 3. The van der Waals surface area contributed by atoms with Crippen molar-refractivity contribution in [3.05, 3.63) is 35.1 Å². The molecular formula is C19H28FN3O. The van der Waals surface area contributed by atoms with Crippen LogP contribution in [0.2, 0.25) is 0 Å². The van der Waals surface area contributed by atoms with Crippen LogP contribution in [0.25, 0.3) is 0 Å². The molecule has 24 heavy (non-hydrogen) atoms. The van der Waals surface area contributed by atoms with Gasteiger partial charge in [-0.05, 0) is 50.1 Å². The van der Waals surface area contributed by atoms with Gasteiger partial charge in [0.05, 0.1) is 0 Å². The van der Waals surface area contributed by atoms with E-state index >= 15 is 0 Å². The maximum atomic E-state index is 13.6. The molecule has 2 heterocycles. The van der Waals surface area contributed by atoms with Gasteiger partial charge in [0.15, 0.2) is 0 Å². The number of amides is 1. The van der Waals surface area contributed by atoms with E-state index in [1.54, 1.807) is 6.07 Å². The van der Waals surface area contributed by atoms with Crippen molar-refractivity contribution in [1.82, 2.24) is 14.7 Å². The number of carbonyl (C=O) groups is 1. The first-order valence-corrected chi connectivity index (χ1v) is 8.82. The summed E-state index contributed by atoms with van der Waals surface area (Å²) < 4.78 is 13.6. The lowest BCUT2D eigenvalue weighted by atomic mass is 9.86. The Hall–Kier alpha value is -1.46. The number of likely N-dealkylation sites (tertiary alicyclic amines) is 1. The zero-order valence-electron chi connectivity index (χ0n) is 15.0. The number of hydrogen-bond donors (Lipinski definition) is 0. The van der Waals surface area contributed by atoms with E-state index in [0.29, 0.717) is 6.42 Å². The largest absolute Gasteiger partial charge is 0.346 e. The second kappa shape index (κ2) is 6.81. The predicted octanol–water partition coefficient (Wildman–Crippen LogP) is 2.26. The summed E-state index contributed by atoms with van der Waals surface area (Å²) in [6, 6.07) is 5.04. The molecule has 1 aromatic rings. The highest BCUT2D eigenvalue weighted by Gasteiger charge is 2.41. The lowest BCUT2D eigenvalue weighted by Crippen LogP contribution is -2.60. The fourth-order valence-electron chi connectivity index (χ4n) is 4.03. The van der Waals surface area contributed by atoms with E-state index < -0.39 is 0 Å². The van der Waals surface area contributed by atoms with Gasteiger partial charge in [-0.15, -0.1) is 0 Å². The second-order valence-corrected chi connectivity index (χ2v) is 7.49. The van der Waals surface area contributed by atoms with Crippen LogP contribution in [0.5, 0.6) is 0 Å². The second-order valence-electron chi connectivity index (χ2n) is 7.49. The zero-order chi connectivity index (χ0) is 17.3. The van der Waals surface area contributed by atoms with Gasteiger partial charge in [-0.25, -0.2) is 4.39 Å². The highest BCUT2D eigenvalue weighted by Crippen LogP contribution is 2.32. The van der Waals surface area contributed by atoms with Crippen LogP contribution in [0.15, 0.2) is 18.2 Å². The predicted molar refractivity (Wildman–Crippen MR) is 93.3 cm³/mol. The van der Waals surface area contributed by atoms with Crippen LogP contribution in [-0.2, 0) is 11.3 Å². The first-order chi connectivity index (χ1) is 11.4. The molecule has 2 aliphatic heterocycles. The topological polar surface area (TPSA) is 26.8 Å². The van der Waals surface area contributed by atoms with Gasteiger partial charge in [0.2, 0.25) is 5.91 Å². The molecule has 0 N–H and O–H groups in total. The maximum absolute atomic E-state index is 13.6. The molecule has 0 radical (unpaired) electrons. The third-order valence-electron chi connectivity index (χ3n) is 5.93. The van der Waals surface area contributed by atoms with Crippen LogP contribution in [0.4, 0.5) is 4.39 Å². The smallest absolute Gasteiger partial charge is 0.222 e. The Kier molecular flexibility index (Phi) is 4.92. The highest BCUT2D eigenvalue weighted by molar-refractivity contribution is 5.76. The van der Waals surface area contributed by atoms with Crippen LogP contribution < -0.4 is 0 Å². The van der Waals surface area contributed by atoms with Gasteiger partial charge in [0.1, 0.15) is 5.82 Å². The third kappa shape index (κ3) is 3.47. The minimum absolute atomic E-state index is 0.0555. The number of benzene rings is 1.